The van der Waals surface area contributed by atoms with Crippen LogP contribution < -0.4 is 15.8 Å². The van der Waals surface area contributed by atoms with Gasteiger partial charge in [0.15, 0.2) is 0 Å². The van der Waals surface area contributed by atoms with Crippen molar-refractivity contribution in [2.45, 2.75) is 44.4 Å². The van der Waals surface area contributed by atoms with E-state index in [9.17, 15) is 0 Å². The van der Waals surface area contributed by atoms with Crippen molar-refractivity contribution in [3.63, 3.8) is 0 Å². The van der Waals surface area contributed by atoms with Gasteiger partial charge in [-0.05, 0) is 44.1 Å². The first kappa shape index (κ1) is 14.4. The molecule has 1 aromatic rings. The van der Waals surface area contributed by atoms with Crippen LogP contribution in [0, 0.1) is 0 Å². The predicted molar refractivity (Wildman–Crippen MR) is 85.2 cm³/mol. The molecule has 2 unspecified atom stereocenters. The highest BCUT2D eigenvalue weighted by Crippen LogP contribution is 2.33. The van der Waals surface area contributed by atoms with Gasteiger partial charge in [-0.25, -0.2) is 0 Å². The molecule has 2 rings (SSSR count). The van der Waals surface area contributed by atoms with E-state index in [1.54, 1.807) is 0 Å². The Kier molecular flexibility index (Phi) is 5.25. The molecule has 0 bridgehead atoms. The van der Waals surface area contributed by atoms with Crippen LogP contribution in [0.4, 0.5) is 11.4 Å². The summed E-state index contributed by atoms with van der Waals surface area (Å²) in [5.41, 5.74) is 7.71. The molecule has 0 amide bonds. The Balaban J connectivity index is 1.94. The molecule has 1 aliphatic carbocycles. The second kappa shape index (κ2) is 6.94. The summed E-state index contributed by atoms with van der Waals surface area (Å²) in [5.74, 6) is 2.00. The molecule has 0 heterocycles. The van der Waals surface area contributed by atoms with Crippen LogP contribution in [0.15, 0.2) is 18.2 Å². The van der Waals surface area contributed by atoms with Crippen molar-refractivity contribution in [3.8, 4) is 5.75 Å². The number of ether oxygens (including phenoxy) is 1. The quantitative estimate of drug-likeness (QED) is 0.779. The molecule has 0 aromatic heterocycles. The summed E-state index contributed by atoms with van der Waals surface area (Å²) in [6, 6.07) is 6.56. The normalized spacial score (nSPS) is 22.4. The molecule has 1 aromatic carbocycles. The van der Waals surface area contributed by atoms with E-state index in [4.69, 9.17) is 10.5 Å². The number of hydrogen-bond acceptors (Lipinski definition) is 4. The molecule has 1 saturated carbocycles. The molecule has 19 heavy (non-hydrogen) atoms. The van der Waals surface area contributed by atoms with Crippen LogP contribution in [0.1, 0.15) is 33.1 Å². The van der Waals surface area contributed by atoms with E-state index in [2.05, 4.69) is 24.0 Å². The molecule has 3 nitrogen and oxygen atoms in total. The number of rotatable bonds is 6. The molecule has 1 aliphatic rings. The molecular formula is C15H24N2OS. The standard InChI is InChI=1S/C15H24N2OS/c1-3-18-15-10-12(6-8-14(15)16)17-11-5-7-13(9-11)19-4-2/h6,8,10-11,13,17H,3-5,7,9,16H2,1-2H3. The molecule has 0 spiro atoms. The fraction of sp³-hybridized carbons (Fsp3) is 0.600. The molecule has 3 N–H and O–H groups in total. The number of anilines is 2. The molecule has 4 heteroatoms. The Bertz CT molecular complexity index is 411. The maximum Gasteiger partial charge on any atom is 0.144 e. The van der Waals surface area contributed by atoms with Gasteiger partial charge in [-0.3, -0.25) is 0 Å². The summed E-state index contributed by atoms with van der Waals surface area (Å²) in [5, 5.41) is 4.43. The van der Waals surface area contributed by atoms with E-state index in [-0.39, 0.29) is 0 Å². The second-order valence-corrected chi connectivity index (χ2v) is 6.49. The minimum atomic E-state index is 0.585. The zero-order chi connectivity index (χ0) is 13.7. The van der Waals surface area contributed by atoms with Gasteiger partial charge in [0.05, 0.1) is 12.3 Å². The van der Waals surface area contributed by atoms with E-state index < -0.39 is 0 Å². The Morgan fingerprint density at radius 1 is 1.37 bits per heavy atom. The highest BCUT2D eigenvalue weighted by Gasteiger charge is 2.24. The van der Waals surface area contributed by atoms with Crippen LogP contribution in [0.5, 0.6) is 5.75 Å². The lowest BCUT2D eigenvalue weighted by Crippen LogP contribution is -2.16. The Hall–Kier alpha value is -1.03. The van der Waals surface area contributed by atoms with Crippen LogP contribution in [0.2, 0.25) is 0 Å². The lowest BCUT2D eigenvalue weighted by molar-refractivity contribution is 0.342. The molecule has 0 radical (unpaired) electrons. The van der Waals surface area contributed by atoms with Gasteiger partial charge in [0.1, 0.15) is 5.75 Å². The minimum absolute atomic E-state index is 0.585. The topological polar surface area (TPSA) is 47.3 Å². The van der Waals surface area contributed by atoms with E-state index in [0.717, 1.165) is 16.7 Å². The van der Waals surface area contributed by atoms with Gasteiger partial charge in [0.25, 0.3) is 0 Å². The third-order valence-corrected chi connectivity index (χ3v) is 4.70. The van der Waals surface area contributed by atoms with Crippen LogP contribution in [0.25, 0.3) is 0 Å². The largest absolute Gasteiger partial charge is 0.492 e. The zero-order valence-electron chi connectivity index (χ0n) is 11.8. The molecule has 2 atom stereocenters. The summed E-state index contributed by atoms with van der Waals surface area (Å²) < 4.78 is 5.53. The van der Waals surface area contributed by atoms with Gasteiger partial charge in [-0.15, -0.1) is 0 Å². The van der Waals surface area contributed by atoms with E-state index >= 15 is 0 Å². The molecule has 1 fully saturated rings. The first-order valence-electron chi connectivity index (χ1n) is 7.13. The SMILES string of the molecule is CCOc1cc(NC2CCC(SCC)C2)ccc1N. The molecule has 106 valence electrons. The second-order valence-electron chi connectivity index (χ2n) is 4.92. The van der Waals surface area contributed by atoms with Crippen LogP contribution in [-0.4, -0.2) is 23.7 Å². The maximum absolute atomic E-state index is 5.89. The summed E-state index contributed by atoms with van der Waals surface area (Å²) >= 11 is 2.08. The lowest BCUT2D eigenvalue weighted by Gasteiger charge is -2.16. The number of hydrogen-bond donors (Lipinski definition) is 2. The van der Waals surface area contributed by atoms with Crippen LogP contribution in [0.3, 0.4) is 0 Å². The van der Waals surface area contributed by atoms with E-state index in [0.29, 0.717) is 18.3 Å². The summed E-state index contributed by atoms with van der Waals surface area (Å²) in [6.07, 6.45) is 3.84. The van der Waals surface area contributed by atoms with Crippen molar-refractivity contribution in [1.82, 2.24) is 0 Å². The number of nitrogens with two attached hydrogens (primary N) is 1. The van der Waals surface area contributed by atoms with Gasteiger partial charge >= 0.3 is 0 Å². The number of nitrogens with one attached hydrogen (secondary N) is 1. The van der Waals surface area contributed by atoms with Gasteiger partial charge in [-0.1, -0.05) is 6.92 Å². The lowest BCUT2D eigenvalue weighted by atomic mass is 10.2. The van der Waals surface area contributed by atoms with Crippen LogP contribution in [-0.2, 0) is 0 Å². The van der Waals surface area contributed by atoms with Crippen LogP contribution >= 0.6 is 11.8 Å². The Morgan fingerprint density at radius 3 is 2.95 bits per heavy atom. The smallest absolute Gasteiger partial charge is 0.144 e. The molecule has 0 aliphatic heterocycles. The first-order chi connectivity index (χ1) is 9.22. The zero-order valence-corrected chi connectivity index (χ0v) is 12.6. The molecular weight excluding hydrogens is 256 g/mol. The van der Waals surface area contributed by atoms with Crippen molar-refractivity contribution >= 4 is 23.1 Å². The highest BCUT2D eigenvalue weighted by atomic mass is 32.2. The number of thioether (sulfide) groups is 1. The van der Waals surface area contributed by atoms with Gasteiger partial charge in [0.2, 0.25) is 0 Å². The van der Waals surface area contributed by atoms with Gasteiger partial charge in [-0.2, -0.15) is 11.8 Å². The first-order valence-corrected chi connectivity index (χ1v) is 8.18. The van der Waals surface area contributed by atoms with Crippen molar-refractivity contribution < 1.29 is 4.74 Å². The highest BCUT2D eigenvalue weighted by molar-refractivity contribution is 7.99. The molecule has 0 saturated heterocycles. The minimum Gasteiger partial charge on any atom is -0.492 e. The van der Waals surface area contributed by atoms with Gasteiger partial charge < -0.3 is 15.8 Å². The fourth-order valence-electron chi connectivity index (χ4n) is 2.60. The maximum atomic E-state index is 5.89. The summed E-state index contributed by atoms with van der Waals surface area (Å²) in [6.45, 7) is 4.86. The van der Waals surface area contributed by atoms with Gasteiger partial charge in [0, 0.05) is 23.0 Å². The third-order valence-electron chi connectivity index (χ3n) is 3.47. The Morgan fingerprint density at radius 2 is 2.21 bits per heavy atom. The monoisotopic (exact) mass is 280 g/mol. The fourth-order valence-corrected chi connectivity index (χ4v) is 3.74. The average Bonchev–Trinajstić information content (AvgIpc) is 2.82. The predicted octanol–water partition coefficient (Wildman–Crippen LogP) is 3.75. The summed E-state index contributed by atoms with van der Waals surface area (Å²) in [7, 11) is 0. The third kappa shape index (κ3) is 3.96. The van der Waals surface area contributed by atoms with Crippen molar-refractivity contribution in [3.05, 3.63) is 18.2 Å². The van der Waals surface area contributed by atoms with Crippen molar-refractivity contribution in [2.24, 2.45) is 0 Å². The van der Waals surface area contributed by atoms with Crippen molar-refractivity contribution in [2.75, 3.05) is 23.4 Å². The van der Waals surface area contributed by atoms with Crippen molar-refractivity contribution in [1.29, 1.82) is 0 Å². The van der Waals surface area contributed by atoms with E-state index in [1.807, 2.05) is 25.1 Å². The summed E-state index contributed by atoms with van der Waals surface area (Å²) in [4.78, 5) is 0. The van der Waals surface area contributed by atoms with E-state index in [1.165, 1.54) is 25.0 Å². The number of benzene rings is 1. The Labute approximate surface area is 120 Å². The number of nitrogen functional groups attached to an aromatic ring is 1. The average molecular weight is 280 g/mol.